The highest BCUT2D eigenvalue weighted by atomic mass is 16.5. The zero-order valence-electron chi connectivity index (χ0n) is 13.3. The SMILES string of the molecule is Cc1nc(COc2ccccc2C(=O)N(C)[C@@H]2CCNC2)no1. The molecule has 122 valence electrons. The minimum Gasteiger partial charge on any atom is -0.485 e. The van der Waals surface area contributed by atoms with Crippen LogP contribution in [0.4, 0.5) is 0 Å². The number of ether oxygens (including phenoxy) is 1. The molecule has 1 aliphatic rings. The summed E-state index contributed by atoms with van der Waals surface area (Å²) in [5.74, 6) is 1.43. The monoisotopic (exact) mass is 316 g/mol. The normalized spacial score (nSPS) is 17.2. The first-order valence-electron chi connectivity index (χ1n) is 7.64. The van der Waals surface area contributed by atoms with Crippen LogP contribution < -0.4 is 10.1 Å². The summed E-state index contributed by atoms with van der Waals surface area (Å²) in [6, 6.07) is 7.44. The van der Waals surface area contributed by atoms with Crippen molar-refractivity contribution in [1.29, 1.82) is 0 Å². The maximum Gasteiger partial charge on any atom is 0.257 e. The van der Waals surface area contributed by atoms with Crippen molar-refractivity contribution in [3.8, 4) is 5.75 Å². The molecule has 0 bridgehead atoms. The van der Waals surface area contributed by atoms with Gasteiger partial charge in [0.25, 0.3) is 5.91 Å². The number of aryl methyl sites for hydroxylation is 1. The summed E-state index contributed by atoms with van der Waals surface area (Å²) < 4.78 is 10.6. The fourth-order valence-electron chi connectivity index (χ4n) is 2.64. The molecule has 3 rings (SSSR count). The topological polar surface area (TPSA) is 80.5 Å². The highest BCUT2D eigenvalue weighted by Gasteiger charge is 2.25. The number of amides is 1. The number of aromatic nitrogens is 2. The van der Waals surface area contributed by atoms with Crippen molar-refractivity contribution < 1.29 is 14.1 Å². The van der Waals surface area contributed by atoms with Gasteiger partial charge in [-0.3, -0.25) is 4.79 Å². The molecule has 1 saturated heterocycles. The number of para-hydroxylation sites is 1. The van der Waals surface area contributed by atoms with Crippen molar-refractivity contribution in [1.82, 2.24) is 20.4 Å². The predicted molar refractivity (Wildman–Crippen MR) is 83.2 cm³/mol. The molecule has 0 aliphatic carbocycles. The molecule has 0 unspecified atom stereocenters. The standard InChI is InChI=1S/C16H20N4O3/c1-11-18-15(19-23-11)10-22-14-6-4-3-5-13(14)16(21)20(2)12-7-8-17-9-12/h3-6,12,17H,7-10H2,1-2H3/t12-/m1/s1. The molecular weight excluding hydrogens is 296 g/mol. The minimum atomic E-state index is -0.0430. The Balaban J connectivity index is 1.72. The van der Waals surface area contributed by atoms with E-state index in [9.17, 15) is 4.79 Å². The van der Waals surface area contributed by atoms with Gasteiger partial charge in [-0.05, 0) is 25.1 Å². The molecule has 1 N–H and O–H groups in total. The summed E-state index contributed by atoms with van der Waals surface area (Å²) in [4.78, 5) is 18.6. The first kappa shape index (κ1) is 15.5. The van der Waals surface area contributed by atoms with Crippen LogP contribution in [0.2, 0.25) is 0 Å². The number of hydrogen-bond acceptors (Lipinski definition) is 6. The lowest BCUT2D eigenvalue weighted by atomic mass is 10.1. The van der Waals surface area contributed by atoms with Crippen LogP contribution in [0.3, 0.4) is 0 Å². The maximum atomic E-state index is 12.7. The summed E-state index contributed by atoms with van der Waals surface area (Å²) in [7, 11) is 1.83. The van der Waals surface area contributed by atoms with Gasteiger partial charge in [-0.25, -0.2) is 0 Å². The van der Waals surface area contributed by atoms with Crippen molar-refractivity contribution in [2.24, 2.45) is 0 Å². The van der Waals surface area contributed by atoms with E-state index in [1.807, 2.05) is 19.2 Å². The number of nitrogens with zero attached hydrogens (tertiary/aromatic N) is 3. The second-order valence-electron chi connectivity index (χ2n) is 5.58. The summed E-state index contributed by atoms with van der Waals surface area (Å²) in [6.45, 7) is 3.65. The van der Waals surface area contributed by atoms with Gasteiger partial charge in [-0.2, -0.15) is 4.98 Å². The lowest BCUT2D eigenvalue weighted by molar-refractivity contribution is 0.0738. The van der Waals surface area contributed by atoms with Gasteiger partial charge in [-0.15, -0.1) is 0 Å². The highest BCUT2D eigenvalue weighted by molar-refractivity contribution is 5.97. The molecule has 1 aromatic heterocycles. The molecule has 2 heterocycles. The summed E-state index contributed by atoms with van der Waals surface area (Å²) >= 11 is 0. The first-order chi connectivity index (χ1) is 11.1. The van der Waals surface area contributed by atoms with Crippen LogP contribution >= 0.6 is 0 Å². The van der Waals surface area contributed by atoms with Crippen molar-refractivity contribution >= 4 is 5.91 Å². The highest BCUT2D eigenvalue weighted by Crippen LogP contribution is 2.22. The first-order valence-corrected chi connectivity index (χ1v) is 7.64. The van der Waals surface area contributed by atoms with Gasteiger partial charge in [-0.1, -0.05) is 17.3 Å². The molecule has 0 saturated carbocycles. The van der Waals surface area contributed by atoms with Gasteiger partial charge < -0.3 is 19.5 Å². The fourth-order valence-corrected chi connectivity index (χ4v) is 2.64. The van der Waals surface area contributed by atoms with Crippen LogP contribution in [0.5, 0.6) is 5.75 Å². The van der Waals surface area contributed by atoms with E-state index in [1.54, 1.807) is 24.0 Å². The number of carbonyl (C=O) groups excluding carboxylic acids is 1. The number of benzene rings is 1. The van der Waals surface area contributed by atoms with Gasteiger partial charge in [0.1, 0.15) is 5.75 Å². The molecule has 23 heavy (non-hydrogen) atoms. The molecule has 1 amide bonds. The Morgan fingerprint density at radius 1 is 1.48 bits per heavy atom. The number of nitrogens with one attached hydrogen (secondary N) is 1. The molecule has 1 atom stereocenters. The molecule has 0 spiro atoms. The van der Waals surface area contributed by atoms with Gasteiger partial charge in [0, 0.05) is 26.6 Å². The summed E-state index contributed by atoms with van der Waals surface area (Å²) in [5, 5.41) is 7.06. The van der Waals surface area contributed by atoms with Gasteiger partial charge >= 0.3 is 0 Å². The van der Waals surface area contributed by atoms with E-state index in [2.05, 4.69) is 15.5 Å². The fraction of sp³-hybridized carbons (Fsp3) is 0.438. The van der Waals surface area contributed by atoms with Crippen LogP contribution in [-0.4, -0.2) is 47.1 Å². The van der Waals surface area contributed by atoms with E-state index in [0.717, 1.165) is 19.5 Å². The molecule has 1 aromatic carbocycles. The quantitative estimate of drug-likeness (QED) is 0.898. The largest absolute Gasteiger partial charge is 0.485 e. The van der Waals surface area contributed by atoms with E-state index < -0.39 is 0 Å². The van der Waals surface area contributed by atoms with E-state index in [4.69, 9.17) is 9.26 Å². The third-order valence-electron chi connectivity index (χ3n) is 3.95. The Kier molecular flexibility index (Phi) is 4.57. The van der Waals surface area contributed by atoms with Crippen LogP contribution in [0, 0.1) is 6.92 Å². The second kappa shape index (κ2) is 6.78. The number of hydrogen-bond donors (Lipinski definition) is 1. The second-order valence-corrected chi connectivity index (χ2v) is 5.58. The lowest BCUT2D eigenvalue weighted by Crippen LogP contribution is -2.38. The van der Waals surface area contributed by atoms with Gasteiger partial charge in [0.15, 0.2) is 6.61 Å². The third-order valence-corrected chi connectivity index (χ3v) is 3.95. The van der Waals surface area contributed by atoms with E-state index in [1.165, 1.54) is 0 Å². The van der Waals surface area contributed by atoms with Crippen LogP contribution in [0.15, 0.2) is 28.8 Å². The zero-order chi connectivity index (χ0) is 16.2. The molecule has 2 aromatic rings. The Hall–Kier alpha value is -2.41. The molecule has 7 nitrogen and oxygen atoms in total. The smallest absolute Gasteiger partial charge is 0.257 e. The summed E-state index contributed by atoms with van der Waals surface area (Å²) in [6.07, 6.45) is 0.966. The van der Waals surface area contributed by atoms with Crippen LogP contribution in [0.25, 0.3) is 0 Å². The minimum absolute atomic E-state index is 0.0430. The van der Waals surface area contributed by atoms with Crippen molar-refractivity contribution in [3.63, 3.8) is 0 Å². The Labute approximate surface area is 134 Å². The van der Waals surface area contributed by atoms with Gasteiger partial charge in [0.2, 0.25) is 11.7 Å². The van der Waals surface area contributed by atoms with Crippen molar-refractivity contribution in [2.45, 2.75) is 26.0 Å². The number of rotatable bonds is 5. The average molecular weight is 316 g/mol. The number of likely N-dealkylation sites (N-methyl/N-ethyl adjacent to an activating group) is 1. The number of carbonyl (C=O) groups is 1. The molecular formula is C16H20N4O3. The van der Waals surface area contributed by atoms with Crippen molar-refractivity contribution in [2.75, 3.05) is 20.1 Å². The van der Waals surface area contributed by atoms with Crippen molar-refractivity contribution in [3.05, 3.63) is 41.5 Å². The van der Waals surface area contributed by atoms with E-state index >= 15 is 0 Å². The van der Waals surface area contributed by atoms with Gasteiger partial charge in [0.05, 0.1) is 5.56 Å². The third kappa shape index (κ3) is 3.50. The van der Waals surface area contributed by atoms with E-state index in [0.29, 0.717) is 23.0 Å². The van der Waals surface area contributed by atoms with Crippen LogP contribution in [0.1, 0.15) is 28.5 Å². The van der Waals surface area contributed by atoms with Crippen LogP contribution in [-0.2, 0) is 6.61 Å². The molecule has 0 radical (unpaired) electrons. The van der Waals surface area contributed by atoms with E-state index in [-0.39, 0.29) is 18.6 Å². The summed E-state index contributed by atoms with van der Waals surface area (Å²) in [5.41, 5.74) is 0.544. The maximum absolute atomic E-state index is 12.7. The Morgan fingerprint density at radius 3 is 3.00 bits per heavy atom. The molecule has 1 fully saturated rings. The zero-order valence-corrected chi connectivity index (χ0v) is 13.3. The predicted octanol–water partition coefficient (Wildman–Crippen LogP) is 1.39. The molecule has 7 heteroatoms. The Morgan fingerprint density at radius 2 is 2.30 bits per heavy atom. The molecule has 1 aliphatic heterocycles. The Bertz CT molecular complexity index is 679. The lowest BCUT2D eigenvalue weighted by Gasteiger charge is -2.24. The average Bonchev–Trinajstić information content (AvgIpc) is 3.23.